The van der Waals surface area contributed by atoms with Gasteiger partial charge in [0.05, 0.1) is 15.4 Å². The second kappa shape index (κ2) is 3.57. The number of aryl methyl sites for hydroxylation is 1. The zero-order valence-corrected chi connectivity index (χ0v) is 10.1. The summed E-state index contributed by atoms with van der Waals surface area (Å²) in [5.74, 6) is 0.789. The van der Waals surface area contributed by atoms with E-state index in [2.05, 4.69) is 15.0 Å². The highest BCUT2D eigenvalue weighted by Gasteiger charge is 2.12. The predicted molar refractivity (Wildman–Crippen MR) is 66.9 cm³/mol. The standard InChI is InChI=1S/C11H8ClN3S/c1-6-5-16-9(8(6)12)11-14-7-3-2-4-13-10(7)15-11/h2-5H,1H3,(H,13,14,15). The lowest BCUT2D eigenvalue weighted by molar-refractivity contribution is 1.31. The van der Waals surface area contributed by atoms with E-state index < -0.39 is 0 Å². The largest absolute Gasteiger partial charge is 0.336 e. The van der Waals surface area contributed by atoms with E-state index in [4.69, 9.17) is 11.6 Å². The molecule has 0 atom stereocenters. The van der Waals surface area contributed by atoms with E-state index in [9.17, 15) is 0 Å². The van der Waals surface area contributed by atoms with Crippen molar-refractivity contribution in [2.75, 3.05) is 0 Å². The summed E-state index contributed by atoms with van der Waals surface area (Å²) in [4.78, 5) is 12.8. The number of nitrogens with one attached hydrogen (secondary N) is 1. The Hall–Kier alpha value is -1.39. The van der Waals surface area contributed by atoms with E-state index >= 15 is 0 Å². The summed E-state index contributed by atoms with van der Waals surface area (Å²) in [7, 11) is 0. The normalized spacial score (nSPS) is 11.1. The molecule has 3 rings (SSSR count). The molecule has 0 aromatic carbocycles. The average Bonchev–Trinajstić information content (AvgIpc) is 2.84. The van der Waals surface area contributed by atoms with Crippen molar-refractivity contribution >= 4 is 34.1 Å². The van der Waals surface area contributed by atoms with E-state index in [1.165, 1.54) is 0 Å². The molecule has 0 saturated carbocycles. The number of hydrogen-bond acceptors (Lipinski definition) is 3. The molecule has 16 heavy (non-hydrogen) atoms. The number of aromatic amines is 1. The Morgan fingerprint density at radius 2 is 2.31 bits per heavy atom. The zero-order valence-electron chi connectivity index (χ0n) is 8.49. The molecule has 0 radical (unpaired) electrons. The number of pyridine rings is 1. The van der Waals surface area contributed by atoms with Crippen LogP contribution in [0.15, 0.2) is 23.7 Å². The van der Waals surface area contributed by atoms with Gasteiger partial charge in [0.25, 0.3) is 0 Å². The van der Waals surface area contributed by atoms with Crippen molar-refractivity contribution in [2.45, 2.75) is 6.92 Å². The topological polar surface area (TPSA) is 41.6 Å². The summed E-state index contributed by atoms with van der Waals surface area (Å²) in [6, 6.07) is 3.83. The fraction of sp³-hybridized carbons (Fsp3) is 0.0909. The summed E-state index contributed by atoms with van der Waals surface area (Å²) >= 11 is 7.79. The Morgan fingerprint density at radius 3 is 3.00 bits per heavy atom. The number of imidazole rings is 1. The molecule has 3 heterocycles. The van der Waals surface area contributed by atoms with Crippen LogP contribution in [0.25, 0.3) is 21.9 Å². The van der Waals surface area contributed by atoms with Crippen LogP contribution in [-0.4, -0.2) is 15.0 Å². The Labute approximate surface area is 101 Å². The van der Waals surface area contributed by atoms with E-state index in [1.54, 1.807) is 17.5 Å². The minimum atomic E-state index is 0.722. The summed E-state index contributed by atoms with van der Waals surface area (Å²) in [5, 5.41) is 2.79. The summed E-state index contributed by atoms with van der Waals surface area (Å²) < 4.78 is 0. The van der Waals surface area contributed by atoms with Crippen molar-refractivity contribution in [1.82, 2.24) is 15.0 Å². The Morgan fingerprint density at radius 1 is 1.44 bits per heavy atom. The van der Waals surface area contributed by atoms with Crippen LogP contribution in [0, 0.1) is 6.92 Å². The maximum Gasteiger partial charge on any atom is 0.178 e. The third-order valence-electron chi connectivity index (χ3n) is 2.37. The van der Waals surface area contributed by atoms with Gasteiger partial charge in [-0.05, 0) is 30.0 Å². The summed E-state index contributed by atoms with van der Waals surface area (Å²) in [6.07, 6.45) is 1.73. The third-order valence-corrected chi connectivity index (χ3v) is 4.08. The van der Waals surface area contributed by atoms with Crippen LogP contribution in [0.5, 0.6) is 0 Å². The maximum absolute atomic E-state index is 6.20. The van der Waals surface area contributed by atoms with E-state index in [1.807, 2.05) is 24.4 Å². The van der Waals surface area contributed by atoms with Crippen molar-refractivity contribution in [1.29, 1.82) is 0 Å². The molecule has 0 aliphatic rings. The first-order chi connectivity index (χ1) is 7.75. The van der Waals surface area contributed by atoms with Gasteiger partial charge in [-0.25, -0.2) is 9.97 Å². The van der Waals surface area contributed by atoms with E-state index in [0.717, 1.165) is 32.5 Å². The number of halogens is 1. The monoisotopic (exact) mass is 249 g/mol. The Balaban J connectivity index is 2.23. The molecule has 0 aliphatic heterocycles. The van der Waals surface area contributed by atoms with Gasteiger partial charge in [-0.3, -0.25) is 0 Å². The number of hydrogen-bond donors (Lipinski definition) is 1. The first-order valence-corrected chi connectivity index (χ1v) is 6.06. The van der Waals surface area contributed by atoms with E-state index in [-0.39, 0.29) is 0 Å². The van der Waals surface area contributed by atoms with E-state index in [0.29, 0.717) is 0 Å². The van der Waals surface area contributed by atoms with Crippen LogP contribution in [0.3, 0.4) is 0 Å². The molecule has 0 bridgehead atoms. The smallest absolute Gasteiger partial charge is 0.178 e. The first-order valence-electron chi connectivity index (χ1n) is 4.80. The molecule has 0 unspecified atom stereocenters. The molecule has 3 aromatic heterocycles. The molecule has 0 saturated heterocycles. The summed E-state index contributed by atoms with van der Waals surface area (Å²) in [5.41, 5.74) is 2.73. The third kappa shape index (κ3) is 1.42. The summed E-state index contributed by atoms with van der Waals surface area (Å²) in [6.45, 7) is 1.99. The van der Waals surface area contributed by atoms with Crippen LogP contribution in [-0.2, 0) is 0 Å². The van der Waals surface area contributed by atoms with Gasteiger partial charge in [0.2, 0.25) is 0 Å². The lowest BCUT2D eigenvalue weighted by atomic mass is 10.3. The van der Waals surface area contributed by atoms with Gasteiger partial charge in [0.15, 0.2) is 11.5 Å². The Kier molecular flexibility index (Phi) is 2.19. The van der Waals surface area contributed by atoms with Crippen molar-refractivity contribution in [2.24, 2.45) is 0 Å². The number of H-pyrrole nitrogens is 1. The minimum absolute atomic E-state index is 0.722. The molecular weight excluding hydrogens is 242 g/mol. The highest BCUT2D eigenvalue weighted by atomic mass is 35.5. The fourth-order valence-electron chi connectivity index (χ4n) is 1.54. The van der Waals surface area contributed by atoms with Gasteiger partial charge in [-0.15, -0.1) is 11.3 Å². The molecule has 3 nitrogen and oxygen atoms in total. The number of thiophene rings is 1. The van der Waals surface area contributed by atoms with Crippen LogP contribution >= 0.6 is 22.9 Å². The molecule has 0 spiro atoms. The first kappa shape index (κ1) is 9.81. The lowest BCUT2D eigenvalue weighted by Crippen LogP contribution is -1.76. The van der Waals surface area contributed by atoms with Gasteiger partial charge in [0, 0.05) is 6.20 Å². The highest BCUT2D eigenvalue weighted by Crippen LogP contribution is 2.35. The molecule has 3 aromatic rings. The minimum Gasteiger partial charge on any atom is -0.336 e. The number of fused-ring (bicyclic) bond motifs is 1. The van der Waals surface area contributed by atoms with Crippen LogP contribution in [0.2, 0.25) is 5.02 Å². The van der Waals surface area contributed by atoms with Gasteiger partial charge in [-0.2, -0.15) is 0 Å². The second-order valence-corrected chi connectivity index (χ2v) is 4.78. The highest BCUT2D eigenvalue weighted by molar-refractivity contribution is 7.14. The molecule has 0 fully saturated rings. The molecule has 80 valence electrons. The van der Waals surface area contributed by atoms with Crippen molar-refractivity contribution in [3.05, 3.63) is 34.3 Å². The van der Waals surface area contributed by atoms with Crippen molar-refractivity contribution in [3.63, 3.8) is 0 Å². The van der Waals surface area contributed by atoms with Gasteiger partial charge < -0.3 is 4.98 Å². The quantitative estimate of drug-likeness (QED) is 0.715. The Bertz CT molecular complexity index is 623. The SMILES string of the molecule is Cc1csc(-c2nc3ncccc3[nH]2)c1Cl. The molecular formula is C11H8ClN3S. The maximum atomic E-state index is 6.20. The van der Waals surface area contributed by atoms with Crippen molar-refractivity contribution in [3.8, 4) is 10.7 Å². The second-order valence-electron chi connectivity index (χ2n) is 3.52. The molecule has 5 heteroatoms. The number of nitrogens with zero attached hydrogens (tertiary/aromatic N) is 2. The molecule has 0 aliphatic carbocycles. The average molecular weight is 250 g/mol. The predicted octanol–water partition coefficient (Wildman–Crippen LogP) is 3.65. The van der Waals surface area contributed by atoms with Crippen LogP contribution in [0.1, 0.15) is 5.56 Å². The number of rotatable bonds is 1. The molecule has 0 amide bonds. The van der Waals surface area contributed by atoms with Gasteiger partial charge in [-0.1, -0.05) is 11.6 Å². The van der Waals surface area contributed by atoms with Gasteiger partial charge in [0.1, 0.15) is 0 Å². The van der Waals surface area contributed by atoms with Crippen LogP contribution in [0.4, 0.5) is 0 Å². The lowest BCUT2D eigenvalue weighted by Gasteiger charge is -1.91. The fourth-order valence-corrected chi connectivity index (χ4v) is 2.77. The van der Waals surface area contributed by atoms with Gasteiger partial charge >= 0.3 is 0 Å². The molecule has 1 N–H and O–H groups in total. The number of aromatic nitrogens is 3. The zero-order chi connectivity index (χ0) is 11.1. The van der Waals surface area contributed by atoms with Crippen LogP contribution < -0.4 is 0 Å². The van der Waals surface area contributed by atoms with Crippen molar-refractivity contribution < 1.29 is 0 Å².